The second-order valence-corrected chi connectivity index (χ2v) is 4.74. The molecule has 1 aromatic carbocycles. The lowest BCUT2D eigenvalue weighted by Crippen LogP contribution is -2.56. The van der Waals surface area contributed by atoms with Gasteiger partial charge in [0.1, 0.15) is 11.8 Å². The van der Waals surface area contributed by atoms with E-state index in [1.54, 1.807) is 18.2 Å². The fraction of sp³-hybridized carbons (Fsp3) is 0.385. The second kappa shape index (κ2) is 6.58. The van der Waals surface area contributed by atoms with Crippen LogP contribution in [-0.4, -0.2) is 37.6 Å². The van der Waals surface area contributed by atoms with Crippen molar-refractivity contribution in [2.24, 2.45) is 0 Å². The first-order valence-electron chi connectivity index (χ1n) is 6.33. The summed E-state index contributed by atoms with van der Waals surface area (Å²) in [4.78, 5) is 23.1. The van der Waals surface area contributed by atoms with E-state index < -0.39 is 6.04 Å². The van der Waals surface area contributed by atoms with Gasteiger partial charge in [0, 0.05) is 11.6 Å². The van der Waals surface area contributed by atoms with E-state index in [1.165, 1.54) is 0 Å². The molecule has 6 nitrogen and oxygen atoms in total. The third-order valence-electron chi connectivity index (χ3n) is 2.83. The Morgan fingerprint density at radius 1 is 1.55 bits per heavy atom. The summed E-state index contributed by atoms with van der Waals surface area (Å²) >= 11 is 5.93. The number of halogens is 1. The lowest BCUT2D eigenvalue weighted by molar-refractivity contribution is -0.124. The van der Waals surface area contributed by atoms with E-state index >= 15 is 0 Å². The molecule has 0 spiro atoms. The highest BCUT2D eigenvalue weighted by molar-refractivity contribution is 6.31. The molecule has 2 amide bonds. The average Bonchev–Trinajstić information content (AvgIpc) is 2.42. The predicted molar refractivity (Wildman–Crippen MR) is 76.1 cm³/mol. The van der Waals surface area contributed by atoms with Gasteiger partial charge in [-0.25, -0.2) is 0 Å². The van der Waals surface area contributed by atoms with Gasteiger partial charge in [-0.1, -0.05) is 11.6 Å². The number of piperazine rings is 1. The van der Waals surface area contributed by atoms with E-state index in [9.17, 15) is 9.59 Å². The number of nitrogens with one attached hydrogen (secondary N) is 3. The number of carbonyl (C=O) groups excluding carboxylic acids is 2. The number of ether oxygens (including phenoxy) is 1. The zero-order valence-corrected chi connectivity index (χ0v) is 11.8. The highest BCUT2D eigenvalue weighted by Gasteiger charge is 2.24. The molecule has 3 N–H and O–H groups in total. The third kappa shape index (κ3) is 3.61. The van der Waals surface area contributed by atoms with E-state index in [-0.39, 0.29) is 24.9 Å². The van der Waals surface area contributed by atoms with Gasteiger partial charge in [-0.3, -0.25) is 14.9 Å². The molecular weight excluding hydrogens is 282 g/mol. The maximum Gasteiger partial charge on any atom is 0.243 e. The molecule has 1 saturated heterocycles. The Hall–Kier alpha value is -1.79. The standard InChI is InChI=1S/C13H16ClN3O3/c1-2-20-11-4-3-8(14)5-9(11)17-13(19)10-6-16-12(18)7-15-10/h3-5,10,15H,2,6-7H2,1H3,(H,16,18)(H,17,19). The quantitative estimate of drug-likeness (QED) is 0.767. The number of rotatable bonds is 4. The first-order valence-corrected chi connectivity index (χ1v) is 6.71. The fourth-order valence-electron chi connectivity index (χ4n) is 1.85. The Morgan fingerprint density at radius 2 is 2.35 bits per heavy atom. The third-order valence-corrected chi connectivity index (χ3v) is 3.06. The summed E-state index contributed by atoms with van der Waals surface area (Å²) < 4.78 is 5.43. The summed E-state index contributed by atoms with van der Waals surface area (Å²) in [6, 6.07) is 4.56. The van der Waals surface area contributed by atoms with Crippen molar-refractivity contribution in [3.63, 3.8) is 0 Å². The number of hydrogen-bond donors (Lipinski definition) is 3. The maximum atomic E-state index is 12.1. The maximum absolute atomic E-state index is 12.1. The first-order chi connectivity index (χ1) is 9.60. The predicted octanol–water partition coefficient (Wildman–Crippen LogP) is 0.765. The van der Waals surface area contributed by atoms with Crippen molar-refractivity contribution in [2.75, 3.05) is 25.0 Å². The Morgan fingerprint density at radius 3 is 3.00 bits per heavy atom. The smallest absolute Gasteiger partial charge is 0.243 e. The van der Waals surface area contributed by atoms with Crippen molar-refractivity contribution >= 4 is 29.1 Å². The van der Waals surface area contributed by atoms with Gasteiger partial charge in [-0.15, -0.1) is 0 Å². The summed E-state index contributed by atoms with van der Waals surface area (Å²) in [5.41, 5.74) is 0.517. The molecule has 7 heteroatoms. The van der Waals surface area contributed by atoms with Gasteiger partial charge in [0.25, 0.3) is 0 Å². The zero-order valence-electron chi connectivity index (χ0n) is 11.0. The topological polar surface area (TPSA) is 79.5 Å². The van der Waals surface area contributed by atoms with Gasteiger partial charge < -0.3 is 15.4 Å². The van der Waals surface area contributed by atoms with E-state index in [2.05, 4.69) is 16.0 Å². The van der Waals surface area contributed by atoms with Gasteiger partial charge in [0.15, 0.2) is 0 Å². The van der Waals surface area contributed by atoms with E-state index in [0.717, 1.165) is 0 Å². The average molecular weight is 298 g/mol. The molecule has 0 saturated carbocycles. The molecule has 1 aliphatic heterocycles. The summed E-state index contributed by atoms with van der Waals surface area (Å²) in [7, 11) is 0. The minimum Gasteiger partial charge on any atom is -0.492 e. The Kier molecular flexibility index (Phi) is 4.81. The van der Waals surface area contributed by atoms with Gasteiger partial charge in [-0.2, -0.15) is 0 Å². The molecule has 1 heterocycles. The molecule has 1 unspecified atom stereocenters. The largest absolute Gasteiger partial charge is 0.492 e. The van der Waals surface area contributed by atoms with Crippen molar-refractivity contribution in [2.45, 2.75) is 13.0 Å². The molecule has 0 aliphatic carbocycles. The van der Waals surface area contributed by atoms with E-state index in [4.69, 9.17) is 16.3 Å². The van der Waals surface area contributed by atoms with Crippen LogP contribution in [0.2, 0.25) is 5.02 Å². The SMILES string of the molecule is CCOc1ccc(Cl)cc1NC(=O)C1CNC(=O)CN1. The summed E-state index contributed by atoms with van der Waals surface area (Å²) in [6.07, 6.45) is 0. The number of benzene rings is 1. The first kappa shape index (κ1) is 14.6. The van der Waals surface area contributed by atoms with Crippen molar-refractivity contribution in [3.05, 3.63) is 23.2 Å². The normalized spacial score (nSPS) is 18.3. The summed E-state index contributed by atoms with van der Waals surface area (Å²) in [5.74, 6) is 0.199. The van der Waals surface area contributed by atoms with Crippen LogP contribution in [0.15, 0.2) is 18.2 Å². The van der Waals surface area contributed by atoms with Gasteiger partial charge in [0.2, 0.25) is 11.8 Å². The van der Waals surface area contributed by atoms with Crippen molar-refractivity contribution < 1.29 is 14.3 Å². The van der Waals surface area contributed by atoms with Crippen LogP contribution in [0.3, 0.4) is 0 Å². The number of amides is 2. The minimum absolute atomic E-state index is 0.119. The monoisotopic (exact) mass is 297 g/mol. The number of anilines is 1. The molecule has 0 bridgehead atoms. The summed E-state index contributed by atoms with van der Waals surface area (Å²) in [6.45, 7) is 2.74. The van der Waals surface area contributed by atoms with Crippen LogP contribution >= 0.6 is 11.6 Å². The highest BCUT2D eigenvalue weighted by Crippen LogP contribution is 2.28. The van der Waals surface area contributed by atoms with Crippen LogP contribution in [0.25, 0.3) is 0 Å². The molecule has 1 fully saturated rings. The van der Waals surface area contributed by atoms with Gasteiger partial charge >= 0.3 is 0 Å². The number of carbonyl (C=O) groups is 2. The van der Waals surface area contributed by atoms with E-state index in [1.807, 2.05) is 6.92 Å². The van der Waals surface area contributed by atoms with Crippen molar-refractivity contribution in [3.8, 4) is 5.75 Å². The Bertz CT molecular complexity index is 512. The molecule has 1 aliphatic rings. The van der Waals surface area contributed by atoms with Crippen LogP contribution in [0, 0.1) is 0 Å². The lowest BCUT2D eigenvalue weighted by Gasteiger charge is -2.23. The second-order valence-electron chi connectivity index (χ2n) is 4.30. The fourth-order valence-corrected chi connectivity index (χ4v) is 2.03. The highest BCUT2D eigenvalue weighted by atomic mass is 35.5. The molecule has 20 heavy (non-hydrogen) atoms. The summed E-state index contributed by atoms with van der Waals surface area (Å²) in [5, 5.41) is 8.75. The van der Waals surface area contributed by atoms with Crippen molar-refractivity contribution in [1.29, 1.82) is 0 Å². The van der Waals surface area contributed by atoms with Crippen LogP contribution in [-0.2, 0) is 9.59 Å². The van der Waals surface area contributed by atoms with E-state index in [0.29, 0.717) is 23.1 Å². The molecule has 1 atom stereocenters. The number of hydrogen-bond acceptors (Lipinski definition) is 4. The van der Waals surface area contributed by atoms with Crippen molar-refractivity contribution in [1.82, 2.24) is 10.6 Å². The van der Waals surface area contributed by atoms with Crippen LogP contribution < -0.4 is 20.7 Å². The van der Waals surface area contributed by atoms with Gasteiger partial charge in [-0.05, 0) is 25.1 Å². The molecule has 0 radical (unpaired) electrons. The van der Waals surface area contributed by atoms with Gasteiger partial charge in [0.05, 0.1) is 18.8 Å². The van der Waals surface area contributed by atoms with Crippen LogP contribution in [0.4, 0.5) is 5.69 Å². The molecule has 108 valence electrons. The molecule has 2 rings (SSSR count). The molecular formula is C13H16ClN3O3. The lowest BCUT2D eigenvalue weighted by atomic mass is 10.2. The Labute approximate surface area is 121 Å². The Balaban J connectivity index is 2.06. The molecule has 1 aromatic rings. The minimum atomic E-state index is -0.471. The molecule has 0 aromatic heterocycles. The van der Waals surface area contributed by atoms with Crippen LogP contribution in [0.1, 0.15) is 6.92 Å². The van der Waals surface area contributed by atoms with Crippen LogP contribution in [0.5, 0.6) is 5.75 Å². The zero-order chi connectivity index (χ0) is 14.5.